The van der Waals surface area contributed by atoms with E-state index < -0.39 is 5.41 Å². The summed E-state index contributed by atoms with van der Waals surface area (Å²) in [7, 11) is 3.80. The molecule has 0 radical (unpaired) electrons. The fourth-order valence-electron chi connectivity index (χ4n) is 5.21. The van der Waals surface area contributed by atoms with E-state index >= 15 is 0 Å². The first kappa shape index (κ1) is 29.6. The molecule has 44 heavy (non-hydrogen) atoms. The van der Waals surface area contributed by atoms with Gasteiger partial charge in [0.2, 0.25) is 18.6 Å². The summed E-state index contributed by atoms with van der Waals surface area (Å²) in [6.07, 6.45) is 6.55. The van der Waals surface area contributed by atoms with Crippen LogP contribution in [-0.4, -0.2) is 31.8 Å². The maximum Gasteiger partial charge on any atom is 0.237 e. The smallest absolute Gasteiger partial charge is 0.237 e. The van der Waals surface area contributed by atoms with E-state index in [2.05, 4.69) is 15.3 Å². The van der Waals surface area contributed by atoms with E-state index in [0.717, 1.165) is 63.1 Å². The van der Waals surface area contributed by atoms with E-state index in [4.69, 9.17) is 38.4 Å². The Labute approximate surface area is 265 Å². The minimum Gasteiger partial charge on any atom is -0.454 e. The molecule has 3 aromatic carbocycles. The summed E-state index contributed by atoms with van der Waals surface area (Å²) in [6.45, 7) is 0.222. The first-order valence-corrected chi connectivity index (χ1v) is 15.0. The zero-order valence-electron chi connectivity index (χ0n) is 24.4. The number of nitrogens with one attached hydrogen (secondary N) is 1. The number of benzene rings is 3. The van der Waals surface area contributed by atoms with Crippen molar-refractivity contribution in [2.45, 2.75) is 31.1 Å². The molecule has 7 rings (SSSR count). The normalized spacial score (nSPS) is 14.1. The topological polar surface area (TPSA) is 109 Å². The predicted octanol–water partition coefficient (Wildman–Crippen LogP) is 6.31. The minimum atomic E-state index is -0.532. The second-order valence-corrected chi connectivity index (χ2v) is 11.8. The molecule has 11 heteroatoms. The van der Waals surface area contributed by atoms with Crippen LogP contribution in [0.4, 0.5) is 11.9 Å². The molecule has 3 N–H and O–H groups in total. The lowest BCUT2D eigenvalue weighted by atomic mass is 9.94. The van der Waals surface area contributed by atoms with Gasteiger partial charge in [-0.2, -0.15) is 0 Å². The summed E-state index contributed by atoms with van der Waals surface area (Å²) < 4.78 is 14.6. The molecule has 2 aromatic heterocycles. The highest BCUT2D eigenvalue weighted by molar-refractivity contribution is 6.31. The van der Waals surface area contributed by atoms with Crippen LogP contribution < -0.4 is 20.5 Å². The van der Waals surface area contributed by atoms with Crippen LogP contribution in [0, 0.1) is 0 Å². The standard InChI is InChI=1S/C22H20ClN3O3.C11H12ClN3/c1-26-16(10-14-4-2-3-5-17(14)23)12-24-21(26)25-20(27)22(8-9-22)15-6-7-18-19(11-15)29-13-28-18;1-15-9(7-14-11(15)13)6-8-4-2-3-5-10(8)12/h2-7,11-12H,8-10,13H2,1H3,(H,24,25,27);2-5,7H,6H2,1H3,(H2,13,14). The van der Waals surface area contributed by atoms with Gasteiger partial charge in [0.15, 0.2) is 17.4 Å². The van der Waals surface area contributed by atoms with E-state index in [1.807, 2.05) is 90.0 Å². The van der Waals surface area contributed by atoms with E-state index in [9.17, 15) is 4.79 Å². The van der Waals surface area contributed by atoms with E-state index in [-0.39, 0.29) is 12.7 Å². The fourth-order valence-corrected chi connectivity index (χ4v) is 5.62. The Morgan fingerprint density at radius 3 is 2.05 bits per heavy atom. The van der Waals surface area contributed by atoms with Gasteiger partial charge >= 0.3 is 0 Å². The summed E-state index contributed by atoms with van der Waals surface area (Å²) >= 11 is 12.3. The largest absolute Gasteiger partial charge is 0.454 e. The van der Waals surface area contributed by atoms with Gasteiger partial charge in [0, 0.05) is 48.4 Å². The molecule has 226 valence electrons. The van der Waals surface area contributed by atoms with E-state index in [0.29, 0.717) is 24.1 Å². The number of anilines is 2. The van der Waals surface area contributed by atoms with Crippen LogP contribution >= 0.6 is 23.2 Å². The van der Waals surface area contributed by atoms with Crippen molar-refractivity contribution in [3.05, 3.63) is 117 Å². The number of aromatic nitrogens is 4. The van der Waals surface area contributed by atoms with Crippen molar-refractivity contribution < 1.29 is 14.3 Å². The van der Waals surface area contributed by atoms with E-state index in [1.165, 1.54) is 0 Å². The highest BCUT2D eigenvalue weighted by Crippen LogP contribution is 2.51. The van der Waals surface area contributed by atoms with Gasteiger partial charge in [0.1, 0.15) is 0 Å². The van der Waals surface area contributed by atoms with Crippen LogP contribution in [0.1, 0.15) is 40.9 Å². The van der Waals surface area contributed by atoms with Gasteiger partial charge in [0.05, 0.1) is 17.8 Å². The molecule has 1 amide bonds. The molecule has 1 aliphatic heterocycles. The van der Waals surface area contributed by atoms with Gasteiger partial charge in [-0.15, -0.1) is 0 Å². The number of hydrogen-bond acceptors (Lipinski definition) is 6. The number of nitrogens with zero attached hydrogens (tertiary/aromatic N) is 4. The first-order chi connectivity index (χ1) is 21.2. The van der Waals surface area contributed by atoms with Crippen molar-refractivity contribution in [3.63, 3.8) is 0 Å². The molecule has 9 nitrogen and oxygen atoms in total. The fraction of sp³-hybridized carbons (Fsp3) is 0.242. The average molecular weight is 632 g/mol. The molecule has 0 unspecified atom stereocenters. The Kier molecular flexibility index (Phi) is 8.25. The molecular formula is C33H32Cl2N6O3. The number of nitrogen functional groups attached to an aromatic ring is 1. The Hall–Kier alpha value is -4.47. The molecule has 0 bridgehead atoms. The van der Waals surface area contributed by atoms with Crippen LogP contribution in [0.5, 0.6) is 11.5 Å². The Morgan fingerprint density at radius 1 is 0.864 bits per heavy atom. The second kappa shape index (κ2) is 12.3. The van der Waals surface area contributed by atoms with Crippen LogP contribution in [0.15, 0.2) is 79.1 Å². The number of nitrogens with two attached hydrogens (primary N) is 1. The molecule has 0 atom stereocenters. The maximum absolute atomic E-state index is 13.1. The molecule has 1 aliphatic carbocycles. The third-order valence-electron chi connectivity index (χ3n) is 8.20. The number of carbonyl (C=O) groups excluding carboxylic acids is 1. The summed E-state index contributed by atoms with van der Waals surface area (Å²) in [5, 5.41) is 4.50. The van der Waals surface area contributed by atoms with Crippen LogP contribution in [-0.2, 0) is 37.1 Å². The number of hydrogen-bond donors (Lipinski definition) is 2. The second-order valence-electron chi connectivity index (χ2n) is 10.9. The monoisotopic (exact) mass is 630 g/mol. The minimum absolute atomic E-state index is 0.0469. The van der Waals surface area contributed by atoms with Gasteiger partial charge in [-0.3, -0.25) is 10.1 Å². The number of imidazole rings is 2. The number of rotatable bonds is 7. The van der Waals surface area contributed by atoms with E-state index in [1.54, 1.807) is 12.4 Å². The highest BCUT2D eigenvalue weighted by atomic mass is 35.5. The van der Waals surface area contributed by atoms with Gasteiger partial charge in [-0.25, -0.2) is 9.97 Å². The van der Waals surface area contributed by atoms with Gasteiger partial charge < -0.3 is 24.3 Å². The Balaban J connectivity index is 0.000000193. The van der Waals surface area contributed by atoms with Crippen LogP contribution in [0.25, 0.3) is 0 Å². The quantitative estimate of drug-likeness (QED) is 0.218. The molecule has 3 heterocycles. The molecule has 0 spiro atoms. The Bertz CT molecular complexity index is 1830. The van der Waals surface area contributed by atoms with Crippen LogP contribution in [0.3, 0.4) is 0 Å². The van der Waals surface area contributed by atoms with Gasteiger partial charge in [0.25, 0.3) is 0 Å². The average Bonchev–Trinajstić information content (AvgIpc) is 3.45. The summed E-state index contributed by atoms with van der Waals surface area (Å²) in [5.41, 5.74) is 10.2. The molecule has 1 fully saturated rings. The lowest BCUT2D eigenvalue weighted by Gasteiger charge is -2.16. The van der Waals surface area contributed by atoms with Crippen molar-refractivity contribution in [1.82, 2.24) is 19.1 Å². The van der Waals surface area contributed by atoms with Crippen molar-refractivity contribution in [3.8, 4) is 11.5 Å². The lowest BCUT2D eigenvalue weighted by Crippen LogP contribution is -2.29. The van der Waals surface area contributed by atoms with Gasteiger partial charge in [-0.05, 0) is 53.8 Å². The molecule has 5 aromatic rings. The number of halogens is 2. The van der Waals surface area contributed by atoms with Crippen molar-refractivity contribution in [2.75, 3.05) is 17.8 Å². The van der Waals surface area contributed by atoms with Crippen LogP contribution in [0.2, 0.25) is 10.0 Å². The molecular weight excluding hydrogens is 599 g/mol. The zero-order chi connectivity index (χ0) is 30.8. The molecule has 2 aliphatic rings. The molecule has 1 saturated carbocycles. The lowest BCUT2D eigenvalue weighted by molar-refractivity contribution is -0.118. The Morgan fingerprint density at radius 2 is 1.45 bits per heavy atom. The highest BCUT2D eigenvalue weighted by Gasteiger charge is 2.52. The number of ether oxygens (including phenoxy) is 2. The third kappa shape index (κ3) is 5.98. The SMILES string of the molecule is Cn1c(Cc2ccccc2Cl)cnc1N.Cn1c(Cc2ccccc2Cl)cnc1NC(=O)C1(c2ccc3c(c2)OCO3)CC1. The third-order valence-corrected chi connectivity index (χ3v) is 8.94. The number of carbonyl (C=O) groups is 1. The maximum atomic E-state index is 13.1. The first-order valence-electron chi connectivity index (χ1n) is 14.2. The van der Waals surface area contributed by atoms with Gasteiger partial charge in [-0.1, -0.05) is 65.7 Å². The molecule has 0 saturated heterocycles. The van der Waals surface area contributed by atoms with Crippen molar-refractivity contribution in [2.24, 2.45) is 14.1 Å². The van der Waals surface area contributed by atoms with Crippen molar-refractivity contribution in [1.29, 1.82) is 0 Å². The summed E-state index contributed by atoms with van der Waals surface area (Å²) in [5.74, 6) is 2.43. The predicted molar refractivity (Wildman–Crippen MR) is 171 cm³/mol. The summed E-state index contributed by atoms with van der Waals surface area (Å²) in [6, 6.07) is 21.2. The zero-order valence-corrected chi connectivity index (χ0v) is 25.9. The summed E-state index contributed by atoms with van der Waals surface area (Å²) in [4.78, 5) is 21.6. The number of amides is 1. The van der Waals surface area contributed by atoms with Crippen molar-refractivity contribution >= 4 is 41.0 Å². The number of fused-ring (bicyclic) bond motifs is 1.